The Morgan fingerprint density at radius 3 is 2.40 bits per heavy atom. The molecule has 6 N–H and O–H groups in total. The minimum atomic E-state index is -3.01. The average molecular weight is 625 g/mol. The van der Waals surface area contributed by atoms with Crippen molar-refractivity contribution in [2.75, 3.05) is 35.0 Å². The van der Waals surface area contributed by atoms with Gasteiger partial charge in [-0.05, 0) is 88.3 Å². The fourth-order valence-electron chi connectivity index (χ4n) is 5.38. The Bertz CT molecular complexity index is 1190. The number of halogens is 2. The minimum Gasteiger partial charge on any atom is -0.390 e. The van der Waals surface area contributed by atoms with Crippen molar-refractivity contribution in [3.63, 3.8) is 0 Å². The zero-order chi connectivity index (χ0) is 31.8. The maximum Gasteiger partial charge on any atom is 0.251 e. The van der Waals surface area contributed by atoms with Gasteiger partial charge in [-0.3, -0.25) is 18.2 Å². The Morgan fingerprint density at radius 2 is 1.77 bits per heavy atom. The number of hydrogen-bond acceptors (Lipinski definition) is 7. The molecule has 0 aromatic heterocycles. The van der Waals surface area contributed by atoms with Crippen LogP contribution in [0.2, 0.25) is 0 Å². The number of nitrogens with zero attached hydrogens (tertiary/aromatic N) is 1. The van der Waals surface area contributed by atoms with Gasteiger partial charge in [0.05, 0.1) is 23.6 Å². The number of amides is 1. The number of benzene rings is 2. The summed E-state index contributed by atoms with van der Waals surface area (Å²) in [5, 5.41) is 20.8. The summed E-state index contributed by atoms with van der Waals surface area (Å²) in [5.41, 5.74) is 1.46. The number of rotatable bonds is 15. The minimum absolute atomic E-state index is 0.00344. The predicted octanol–water partition coefficient (Wildman–Crippen LogP) is 6.56. The molecule has 43 heavy (non-hydrogen) atoms. The second-order valence-electron chi connectivity index (χ2n) is 12.6. The van der Waals surface area contributed by atoms with Crippen molar-refractivity contribution in [3.8, 4) is 0 Å². The Balaban J connectivity index is 1.85. The number of aliphatic hydroxyl groups is 1. The first-order valence-corrected chi connectivity index (χ1v) is 17.0. The summed E-state index contributed by atoms with van der Waals surface area (Å²) in [6.07, 6.45) is 3.47. The van der Waals surface area contributed by atoms with E-state index in [9.17, 15) is 27.8 Å². The third-order valence-electron chi connectivity index (χ3n) is 7.76. The van der Waals surface area contributed by atoms with Crippen LogP contribution in [0.5, 0.6) is 0 Å². The largest absolute Gasteiger partial charge is 0.390 e. The summed E-state index contributed by atoms with van der Waals surface area (Å²) in [6, 6.07) is 7.37. The summed E-state index contributed by atoms with van der Waals surface area (Å²) in [4.78, 5) is 13.7. The highest BCUT2D eigenvalue weighted by molar-refractivity contribution is 8.25. The smallest absolute Gasteiger partial charge is 0.251 e. The number of nitrogens with one attached hydrogen (secondary N) is 3. The van der Waals surface area contributed by atoms with Gasteiger partial charge in [-0.2, -0.15) is 0 Å². The van der Waals surface area contributed by atoms with Gasteiger partial charge in [0.2, 0.25) is 0 Å². The molecule has 2 atom stereocenters. The highest BCUT2D eigenvalue weighted by Crippen LogP contribution is 2.50. The van der Waals surface area contributed by atoms with E-state index in [1.54, 1.807) is 22.5 Å². The molecule has 1 fully saturated rings. The SMILES string of the molecule is CCNc1cc(C(=O)N[C@@H](Cc2cc(F)cc(F)c2)[C@H](O)CNC(C)(C)CCCC(C)C)cc(N2CCCCS2(O)O)c1. The van der Waals surface area contributed by atoms with E-state index in [1.165, 1.54) is 12.1 Å². The van der Waals surface area contributed by atoms with E-state index in [-0.39, 0.29) is 29.8 Å². The van der Waals surface area contributed by atoms with Crippen LogP contribution in [0.1, 0.15) is 82.6 Å². The van der Waals surface area contributed by atoms with Gasteiger partial charge in [0.25, 0.3) is 5.91 Å². The van der Waals surface area contributed by atoms with Gasteiger partial charge < -0.3 is 21.1 Å². The van der Waals surface area contributed by atoms with Gasteiger partial charge in [-0.1, -0.05) is 26.7 Å². The molecule has 1 heterocycles. The van der Waals surface area contributed by atoms with Crippen LogP contribution in [-0.4, -0.2) is 63.2 Å². The number of anilines is 2. The molecule has 8 nitrogen and oxygen atoms in total. The number of carbonyl (C=O) groups is 1. The fraction of sp³-hybridized carbons (Fsp3) is 0.594. The highest BCUT2D eigenvalue weighted by atomic mass is 32.3. The molecule has 0 radical (unpaired) electrons. The average Bonchev–Trinajstić information content (AvgIpc) is 2.90. The van der Waals surface area contributed by atoms with Gasteiger partial charge in [-0.15, -0.1) is 10.8 Å². The summed E-state index contributed by atoms with van der Waals surface area (Å²) >= 11 is 0. The van der Waals surface area contributed by atoms with Crippen molar-refractivity contribution in [1.82, 2.24) is 10.6 Å². The molecule has 1 aliphatic rings. The van der Waals surface area contributed by atoms with Crippen LogP contribution in [0, 0.1) is 17.6 Å². The van der Waals surface area contributed by atoms with Crippen molar-refractivity contribution >= 4 is 28.1 Å². The molecule has 2 aromatic carbocycles. The third-order valence-corrected chi connectivity index (χ3v) is 9.70. The van der Waals surface area contributed by atoms with Gasteiger partial charge in [-0.25, -0.2) is 8.78 Å². The zero-order valence-electron chi connectivity index (χ0n) is 26.1. The monoisotopic (exact) mass is 624 g/mol. The number of carbonyl (C=O) groups excluding carboxylic acids is 1. The van der Waals surface area contributed by atoms with Crippen molar-refractivity contribution in [3.05, 3.63) is 59.2 Å². The van der Waals surface area contributed by atoms with Gasteiger partial charge in [0.15, 0.2) is 0 Å². The standard InChI is InChI=1S/C32H50F2N4O4S/c1-6-35-27-17-24(18-28(20-27)38-12-7-8-13-43(38,41)42)31(40)37-29(16-23-14-25(33)19-26(34)15-23)30(39)21-36-32(4,5)11-9-10-22(2)3/h14-15,17-20,22,29-30,35-36,39,41-42H,6-13,16,21H2,1-5H3,(H,37,40)/t29-,30+/m0/s1. The molecular weight excluding hydrogens is 574 g/mol. The lowest BCUT2D eigenvalue weighted by molar-refractivity contribution is 0.0811. The normalized spacial score (nSPS) is 17.4. The van der Waals surface area contributed by atoms with Crippen LogP contribution in [-0.2, 0) is 6.42 Å². The van der Waals surface area contributed by atoms with Crippen molar-refractivity contribution < 1.29 is 27.8 Å². The first kappa shape index (κ1) is 35.0. The van der Waals surface area contributed by atoms with Crippen LogP contribution in [0.4, 0.5) is 20.2 Å². The topological polar surface area (TPSA) is 117 Å². The van der Waals surface area contributed by atoms with Crippen LogP contribution in [0.25, 0.3) is 0 Å². The zero-order valence-corrected chi connectivity index (χ0v) is 26.9. The van der Waals surface area contributed by atoms with E-state index in [2.05, 4.69) is 43.6 Å². The van der Waals surface area contributed by atoms with E-state index < -0.39 is 40.5 Å². The first-order chi connectivity index (χ1) is 20.2. The van der Waals surface area contributed by atoms with Gasteiger partial charge in [0.1, 0.15) is 11.6 Å². The van der Waals surface area contributed by atoms with Crippen LogP contribution >= 0.6 is 10.8 Å². The lowest BCUT2D eigenvalue weighted by Gasteiger charge is -2.47. The van der Waals surface area contributed by atoms with Crippen molar-refractivity contribution in [2.45, 2.75) is 90.8 Å². The predicted molar refractivity (Wildman–Crippen MR) is 173 cm³/mol. The van der Waals surface area contributed by atoms with Crippen LogP contribution < -0.4 is 20.3 Å². The molecule has 0 unspecified atom stereocenters. The molecule has 242 valence electrons. The maximum absolute atomic E-state index is 14.0. The van der Waals surface area contributed by atoms with Crippen LogP contribution in [0.3, 0.4) is 0 Å². The first-order valence-electron chi connectivity index (χ1n) is 15.3. The fourth-order valence-corrected chi connectivity index (χ4v) is 7.06. The molecule has 3 rings (SSSR count). The molecule has 1 amide bonds. The van der Waals surface area contributed by atoms with Crippen molar-refractivity contribution in [1.29, 1.82) is 0 Å². The number of aliphatic hydroxyl groups excluding tert-OH is 1. The number of β-amino-alcohol motifs (C(OH)–C–C–N with tert-alkyl or cyclic N) is 1. The summed E-state index contributed by atoms with van der Waals surface area (Å²) in [6.45, 7) is 11.6. The molecular formula is C32H50F2N4O4S. The quantitative estimate of drug-likeness (QED) is 0.133. The maximum atomic E-state index is 14.0. The molecule has 0 aliphatic carbocycles. The number of hydrogen-bond donors (Lipinski definition) is 6. The lowest BCUT2D eigenvalue weighted by atomic mass is 9.93. The summed E-state index contributed by atoms with van der Waals surface area (Å²) in [5.74, 6) is -1.10. The highest BCUT2D eigenvalue weighted by Gasteiger charge is 2.29. The molecule has 1 saturated heterocycles. The third kappa shape index (κ3) is 10.9. The molecule has 0 bridgehead atoms. The van der Waals surface area contributed by atoms with E-state index in [0.29, 0.717) is 42.4 Å². The lowest BCUT2D eigenvalue weighted by Crippen LogP contribution is -2.52. The van der Waals surface area contributed by atoms with Crippen molar-refractivity contribution in [2.24, 2.45) is 5.92 Å². The summed E-state index contributed by atoms with van der Waals surface area (Å²) in [7, 11) is -3.01. The molecule has 2 aromatic rings. The molecule has 1 aliphatic heterocycles. The van der Waals surface area contributed by atoms with Crippen LogP contribution in [0.15, 0.2) is 36.4 Å². The van der Waals surface area contributed by atoms with E-state index in [1.807, 2.05) is 6.92 Å². The van der Waals surface area contributed by atoms with E-state index >= 15 is 0 Å². The molecule has 11 heteroatoms. The van der Waals surface area contributed by atoms with E-state index in [0.717, 1.165) is 31.7 Å². The molecule has 0 spiro atoms. The Kier molecular flexibility index (Phi) is 12.6. The van der Waals surface area contributed by atoms with Gasteiger partial charge >= 0.3 is 0 Å². The molecule has 0 saturated carbocycles. The second-order valence-corrected chi connectivity index (χ2v) is 14.7. The Morgan fingerprint density at radius 1 is 1.07 bits per heavy atom. The second kappa shape index (κ2) is 15.5. The Labute approximate surface area is 257 Å². The van der Waals surface area contributed by atoms with E-state index in [4.69, 9.17) is 0 Å². The summed E-state index contributed by atoms with van der Waals surface area (Å²) < 4.78 is 51.1. The Hall–Kier alpha value is -2.44. The van der Waals surface area contributed by atoms with Gasteiger partial charge in [0, 0.05) is 42.5 Å².